The van der Waals surface area contributed by atoms with E-state index in [-0.39, 0.29) is 11.9 Å². The number of carbonyl (C=O) groups is 1. The quantitative estimate of drug-likeness (QED) is 0.737. The molecule has 0 bridgehead atoms. The summed E-state index contributed by atoms with van der Waals surface area (Å²) >= 11 is 7.71. The van der Waals surface area contributed by atoms with Crippen LogP contribution in [-0.4, -0.2) is 37.9 Å². The van der Waals surface area contributed by atoms with Gasteiger partial charge in [0.05, 0.1) is 16.8 Å². The molecule has 2 aromatic rings. The third kappa shape index (κ3) is 3.62. The molecule has 26 heavy (non-hydrogen) atoms. The van der Waals surface area contributed by atoms with E-state index in [2.05, 4.69) is 14.8 Å². The number of likely N-dealkylation sites (tertiary alicyclic amines) is 1. The zero-order chi connectivity index (χ0) is 17.9. The van der Waals surface area contributed by atoms with Gasteiger partial charge in [-0.05, 0) is 37.8 Å². The minimum Gasteiger partial charge on any atom is -0.332 e. The number of hydrogen-bond donors (Lipinski definition) is 0. The Labute approximate surface area is 163 Å². The summed E-state index contributed by atoms with van der Waals surface area (Å²) in [5.41, 5.74) is 0. The van der Waals surface area contributed by atoms with Crippen molar-refractivity contribution in [3.8, 4) is 0 Å². The van der Waals surface area contributed by atoms with Gasteiger partial charge >= 0.3 is 0 Å². The summed E-state index contributed by atoms with van der Waals surface area (Å²) in [5, 5.41) is 9.59. The topological polar surface area (TPSA) is 51.0 Å². The second kappa shape index (κ2) is 8.01. The van der Waals surface area contributed by atoms with Gasteiger partial charge < -0.3 is 9.47 Å². The largest absolute Gasteiger partial charge is 0.332 e. The normalized spacial score (nSPS) is 20.0. The number of fused-ring (bicyclic) bond motifs is 1. The first-order valence-electron chi connectivity index (χ1n) is 9.33. The third-order valence-corrected chi connectivity index (χ3v) is 6.70. The molecule has 5 nitrogen and oxygen atoms in total. The van der Waals surface area contributed by atoms with Gasteiger partial charge in [-0.3, -0.25) is 4.79 Å². The number of aryl methyl sites for hydroxylation is 1. The predicted molar refractivity (Wildman–Crippen MR) is 103 cm³/mol. The zero-order valence-electron chi connectivity index (χ0n) is 14.7. The fraction of sp³-hybridized carbons (Fsp3) is 0.526. The molecule has 2 aliphatic rings. The lowest BCUT2D eigenvalue weighted by Gasteiger charge is -2.24. The number of rotatable bonds is 4. The molecule has 1 fully saturated rings. The lowest BCUT2D eigenvalue weighted by Crippen LogP contribution is -2.33. The van der Waals surface area contributed by atoms with Gasteiger partial charge in [-0.2, -0.15) is 0 Å². The van der Waals surface area contributed by atoms with Crippen molar-refractivity contribution < 1.29 is 4.79 Å². The molecule has 0 N–H and O–H groups in total. The first kappa shape index (κ1) is 17.9. The second-order valence-corrected chi connectivity index (χ2v) is 8.33. The zero-order valence-corrected chi connectivity index (χ0v) is 16.3. The molecule has 4 rings (SSSR count). The molecule has 1 atom stereocenters. The standard InChI is InChI=1S/C19H23ClN4OS/c20-14-7-3-4-9-16(14)26-13-18(25)23-12-6-8-15(23)19-22-21-17-10-2-1-5-11-24(17)19/h3-4,7,9,15H,1-2,5-6,8,10-13H2. The molecule has 1 aromatic carbocycles. The van der Waals surface area contributed by atoms with Crippen LogP contribution in [0.5, 0.6) is 0 Å². The highest BCUT2D eigenvalue weighted by molar-refractivity contribution is 8.00. The molecule has 3 heterocycles. The van der Waals surface area contributed by atoms with Gasteiger partial charge in [0.2, 0.25) is 5.91 Å². The Bertz CT molecular complexity index is 794. The van der Waals surface area contributed by atoms with Crippen LogP contribution in [0.15, 0.2) is 29.2 Å². The van der Waals surface area contributed by atoms with Crippen LogP contribution in [0.1, 0.15) is 49.8 Å². The molecular formula is C19H23ClN4OS. The maximum absolute atomic E-state index is 12.9. The summed E-state index contributed by atoms with van der Waals surface area (Å²) < 4.78 is 2.27. The fourth-order valence-electron chi connectivity index (χ4n) is 3.87. The Hall–Kier alpha value is -1.53. The van der Waals surface area contributed by atoms with Gasteiger partial charge in [0, 0.05) is 24.4 Å². The van der Waals surface area contributed by atoms with Crippen LogP contribution in [0.3, 0.4) is 0 Å². The Kier molecular flexibility index (Phi) is 5.50. The van der Waals surface area contributed by atoms with Gasteiger partial charge in [-0.25, -0.2) is 0 Å². The average Bonchev–Trinajstić information content (AvgIpc) is 3.21. The number of thioether (sulfide) groups is 1. The van der Waals surface area contributed by atoms with Crippen LogP contribution in [0.2, 0.25) is 5.02 Å². The highest BCUT2D eigenvalue weighted by atomic mass is 35.5. The summed E-state index contributed by atoms with van der Waals surface area (Å²) in [6.07, 6.45) is 6.58. The van der Waals surface area contributed by atoms with Crippen LogP contribution < -0.4 is 0 Å². The van der Waals surface area contributed by atoms with E-state index < -0.39 is 0 Å². The van der Waals surface area contributed by atoms with Crippen molar-refractivity contribution in [1.82, 2.24) is 19.7 Å². The number of amides is 1. The van der Waals surface area contributed by atoms with Gasteiger partial charge in [-0.1, -0.05) is 30.2 Å². The Balaban J connectivity index is 1.47. The minimum atomic E-state index is 0.0636. The molecule has 0 spiro atoms. The molecule has 1 aromatic heterocycles. The summed E-state index contributed by atoms with van der Waals surface area (Å²) in [7, 11) is 0. The molecular weight excluding hydrogens is 368 g/mol. The molecule has 1 saturated heterocycles. The summed E-state index contributed by atoms with van der Waals surface area (Å²) in [4.78, 5) is 15.8. The van der Waals surface area contributed by atoms with E-state index in [0.717, 1.165) is 48.9 Å². The Morgan fingerprint density at radius 2 is 2.04 bits per heavy atom. The molecule has 1 unspecified atom stereocenters. The number of benzene rings is 1. The average molecular weight is 391 g/mol. The summed E-state index contributed by atoms with van der Waals surface area (Å²) in [5.74, 6) is 2.63. The maximum atomic E-state index is 12.9. The van der Waals surface area contributed by atoms with Crippen molar-refractivity contribution in [2.75, 3.05) is 12.3 Å². The van der Waals surface area contributed by atoms with E-state index in [1.165, 1.54) is 31.0 Å². The number of nitrogens with zero attached hydrogens (tertiary/aromatic N) is 4. The summed E-state index contributed by atoms with van der Waals surface area (Å²) in [6, 6.07) is 7.73. The van der Waals surface area contributed by atoms with Gasteiger partial charge in [-0.15, -0.1) is 22.0 Å². The highest BCUT2D eigenvalue weighted by Gasteiger charge is 2.34. The molecule has 138 valence electrons. The van der Waals surface area contributed by atoms with E-state index in [1.807, 2.05) is 29.2 Å². The van der Waals surface area contributed by atoms with Crippen molar-refractivity contribution in [3.63, 3.8) is 0 Å². The smallest absolute Gasteiger partial charge is 0.233 e. The Morgan fingerprint density at radius 1 is 1.15 bits per heavy atom. The van der Waals surface area contributed by atoms with Crippen LogP contribution in [0.25, 0.3) is 0 Å². The Morgan fingerprint density at radius 3 is 2.92 bits per heavy atom. The highest BCUT2D eigenvalue weighted by Crippen LogP contribution is 2.34. The lowest BCUT2D eigenvalue weighted by molar-refractivity contribution is -0.129. The van der Waals surface area contributed by atoms with E-state index in [1.54, 1.807) is 0 Å². The van der Waals surface area contributed by atoms with E-state index >= 15 is 0 Å². The lowest BCUT2D eigenvalue weighted by atomic mass is 10.2. The third-order valence-electron chi connectivity index (χ3n) is 5.20. The van der Waals surface area contributed by atoms with Gasteiger partial charge in [0.1, 0.15) is 5.82 Å². The fourth-order valence-corrected chi connectivity index (χ4v) is 5.00. The number of carbonyl (C=O) groups excluding carboxylic acids is 1. The molecule has 7 heteroatoms. The molecule has 0 aliphatic carbocycles. The van der Waals surface area contributed by atoms with E-state index in [9.17, 15) is 4.79 Å². The number of aromatic nitrogens is 3. The number of halogens is 1. The van der Waals surface area contributed by atoms with Crippen LogP contribution in [0.4, 0.5) is 0 Å². The SMILES string of the molecule is O=C(CSc1ccccc1Cl)N1CCCC1c1nnc2n1CCCCC2. The van der Waals surface area contributed by atoms with Crippen LogP contribution >= 0.6 is 23.4 Å². The van der Waals surface area contributed by atoms with Gasteiger partial charge in [0.15, 0.2) is 5.82 Å². The molecule has 0 radical (unpaired) electrons. The monoisotopic (exact) mass is 390 g/mol. The van der Waals surface area contributed by atoms with E-state index in [4.69, 9.17) is 11.6 Å². The predicted octanol–water partition coefficient (Wildman–Crippen LogP) is 4.11. The van der Waals surface area contributed by atoms with Gasteiger partial charge in [0.25, 0.3) is 0 Å². The van der Waals surface area contributed by atoms with Crippen molar-refractivity contribution in [2.45, 2.75) is 56.0 Å². The first-order valence-corrected chi connectivity index (χ1v) is 10.7. The van der Waals surface area contributed by atoms with Crippen molar-refractivity contribution in [3.05, 3.63) is 40.9 Å². The maximum Gasteiger partial charge on any atom is 0.233 e. The molecule has 2 aliphatic heterocycles. The van der Waals surface area contributed by atoms with Crippen LogP contribution in [-0.2, 0) is 17.8 Å². The van der Waals surface area contributed by atoms with Crippen molar-refractivity contribution >= 4 is 29.3 Å². The molecule has 0 saturated carbocycles. The van der Waals surface area contributed by atoms with Crippen molar-refractivity contribution in [1.29, 1.82) is 0 Å². The van der Waals surface area contributed by atoms with Crippen LogP contribution in [0, 0.1) is 0 Å². The molecule has 1 amide bonds. The van der Waals surface area contributed by atoms with E-state index in [0.29, 0.717) is 10.8 Å². The summed E-state index contributed by atoms with van der Waals surface area (Å²) in [6.45, 7) is 1.78. The minimum absolute atomic E-state index is 0.0636. The second-order valence-electron chi connectivity index (χ2n) is 6.90. The number of hydrogen-bond acceptors (Lipinski definition) is 4. The van der Waals surface area contributed by atoms with Crippen molar-refractivity contribution in [2.24, 2.45) is 0 Å². The first-order chi connectivity index (χ1) is 12.7.